The second-order valence-electron chi connectivity index (χ2n) is 6.02. The third-order valence-electron chi connectivity index (χ3n) is 3.99. The van der Waals surface area contributed by atoms with Crippen LogP contribution in [-0.2, 0) is 28.5 Å². The predicted octanol–water partition coefficient (Wildman–Crippen LogP) is 3.35. The van der Waals surface area contributed by atoms with Gasteiger partial charge in [0.25, 0.3) is 0 Å². The van der Waals surface area contributed by atoms with Crippen molar-refractivity contribution in [1.82, 2.24) is 0 Å². The molecule has 1 aromatic rings. The smallest absolute Gasteiger partial charge is 0.338 e. The van der Waals surface area contributed by atoms with Gasteiger partial charge >= 0.3 is 23.9 Å². The maximum atomic E-state index is 12.0. The zero-order chi connectivity index (χ0) is 23.9. The molecular formula is C24H26O8. The van der Waals surface area contributed by atoms with Crippen molar-refractivity contribution in [3.05, 3.63) is 84.0 Å². The summed E-state index contributed by atoms with van der Waals surface area (Å²) in [6, 6.07) is 5.62. The lowest BCUT2D eigenvalue weighted by molar-refractivity contribution is -0.140. The van der Waals surface area contributed by atoms with Crippen LogP contribution in [0.4, 0.5) is 0 Å². The highest BCUT2D eigenvalue weighted by Gasteiger charge is 2.13. The van der Waals surface area contributed by atoms with Crippen LogP contribution in [0.1, 0.15) is 34.6 Å². The molecule has 0 aliphatic carbocycles. The van der Waals surface area contributed by atoms with E-state index in [9.17, 15) is 19.2 Å². The largest absolute Gasteiger partial charge is 0.458 e. The van der Waals surface area contributed by atoms with Gasteiger partial charge in [0.15, 0.2) is 0 Å². The lowest BCUT2D eigenvalue weighted by Gasteiger charge is -2.08. The van der Waals surface area contributed by atoms with Crippen molar-refractivity contribution in [2.75, 3.05) is 26.4 Å². The molecule has 0 aliphatic rings. The van der Waals surface area contributed by atoms with Crippen LogP contribution in [0.5, 0.6) is 0 Å². The number of benzene rings is 1. The zero-order valence-corrected chi connectivity index (χ0v) is 18.1. The van der Waals surface area contributed by atoms with Crippen molar-refractivity contribution in [1.29, 1.82) is 0 Å². The molecule has 8 heteroatoms. The highest BCUT2D eigenvalue weighted by molar-refractivity contribution is 5.93. The molecule has 32 heavy (non-hydrogen) atoms. The summed E-state index contributed by atoms with van der Waals surface area (Å²) in [5.41, 5.74) is 1.06. The van der Waals surface area contributed by atoms with E-state index >= 15 is 0 Å². The molecular weight excluding hydrogens is 416 g/mol. The molecule has 0 fully saturated rings. The minimum atomic E-state index is -0.634. The molecule has 0 saturated carbocycles. The summed E-state index contributed by atoms with van der Waals surface area (Å²) in [6.45, 7) is 9.89. The van der Waals surface area contributed by atoms with E-state index in [-0.39, 0.29) is 37.6 Å². The van der Waals surface area contributed by atoms with Crippen LogP contribution in [0.25, 0.3) is 0 Å². The number of allylic oxidation sites excluding steroid dienone is 2. The Hall–Kier alpha value is -3.94. The lowest BCUT2D eigenvalue weighted by Crippen LogP contribution is -2.15. The summed E-state index contributed by atoms with van der Waals surface area (Å²) < 4.78 is 20.0. The standard InChI is InChI=1S/C24H26O8/c1-5-17(6-2)21(25)29-13-15-31-23(27)19-9-11-20(12-10-19)24(28)32-16-14-30-22(26)18(7-3)8-4/h5-12H,1,3,13-16H2,2,4H3/b17-6+,18-8+. The van der Waals surface area contributed by atoms with Gasteiger partial charge < -0.3 is 18.9 Å². The Labute approximate surface area is 186 Å². The maximum absolute atomic E-state index is 12.0. The molecule has 0 heterocycles. The summed E-state index contributed by atoms with van der Waals surface area (Å²) in [5.74, 6) is -2.38. The van der Waals surface area contributed by atoms with E-state index in [1.807, 2.05) is 0 Å². The fourth-order valence-corrected chi connectivity index (χ4v) is 2.25. The van der Waals surface area contributed by atoms with Crippen molar-refractivity contribution >= 4 is 23.9 Å². The van der Waals surface area contributed by atoms with Gasteiger partial charge in [-0.05, 0) is 38.1 Å². The molecule has 0 atom stereocenters. The van der Waals surface area contributed by atoms with Crippen LogP contribution in [0.15, 0.2) is 72.9 Å². The summed E-state index contributed by atoms with van der Waals surface area (Å²) in [6.07, 6.45) is 5.86. The monoisotopic (exact) mass is 442 g/mol. The minimum Gasteiger partial charge on any atom is -0.458 e. The Morgan fingerprint density at radius 3 is 1.25 bits per heavy atom. The van der Waals surface area contributed by atoms with E-state index in [0.29, 0.717) is 11.1 Å². The molecule has 0 saturated heterocycles. The molecule has 0 radical (unpaired) electrons. The van der Waals surface area contributed by atoms with Gasteiger partial charge in [0.05, 0.1) is 22.3 Å². The van der Waals surface area contributed by atoms with Crippen LogP contribution in [0.3, 0.4) is 0 Å². The Morgan fingerprint density at radius 2 is 0.969 bits per heavy atom. The van der Waals surface area contributed by atoms with Crippen LogP contribution >= 0.6 is 0 Å². The number of carbonyl (C=O) groups excluding carboxylic acids is 4. The number of ether oxygens (including phenoxy) is 4. The average Bonchev–Trinajstić information content (AvgIpc) is 2.81. The van der Waals surface area contributed by atoms with E-state index in [4.69, 9.17) is 18.9 Å². The second-order valence-corrected chi connectivity index (χ2v) is 6.02. The normalized spacial score (nSPS) is 11.2. The van der Waals surface area contributed by atoms with Crippen LogP contribution < -0.4 is 0 Å². The molecule has 1 aromatic carbocycles. The first kappa shape index (κ1) is 26.1. The van der Waals surface area contributed by atoms with Crippen LogP contribution in [-0.4, -0.2) is 50.3 Å². The highest BCUT2D eigenvalue weighted by atomic mass is 16.6. The number of rotatable bonds is 12. The van der Waals surface area contributed by atoms with Gasteiger partial charge in [-0.1, -0.05) is 37.5 Å². The van der Waals surface area contributed by atoms with Gasteiger partial charge in [-0.15, -0.1) is 0 Å². The minimum absolute atomic E-state index is 0.104. The molecule has 0 bridgehead atoms. The number of hydrogen-bond donors (Lipinski definition) is 0. The fourth-order valence-electron chi connectivity index (χ4n) is 2.25. The van der Waals surface area contributed by atoms with E-state index in [0.717, 1.165) is 0 Å². The molecule has 8 nitrogen and oxygen atoms in total. The SMILES string of the molecule is C=C/C(=C\C)C(=O)OCCOC(=O)c1ccc(C(=O)OCCOC(=O)/C(C=C)=C/C)cc1. The predicted molar refractivity (Wildman–Crippen MR) is 117 cm³/mol. The van der Waals surface area contributed by atoms with Crippen molar-refractivity contribution in [2.45, 2.75) is 13.8 Å². The Morgan fingerprint density at radius 1 is 0.656 bits per heavy atom. The van der Waals surface area contributed by atoms with E-state index < -0.39 is 23.9 Å². The van der Waals surface area contributed by atoms with Gasteiger partial charge in [0.2, 0.25) is 0 Å². The summed E-state index contributed by atoms with van der Waals surface area (Å²) in [4.78, 5) is 47.3. The topological polar surface area (TPSA) is 105 Å². The number of carbonyl (C=O) groups is 4. The van der Waals surface area contributed by atoms with Crippen molar-refractivity contribution < 1.29 is 38.1 Å². The van der Waals surface area contributed by atoms with Crippen LogP contribution in [0.2, 0.25) is 0 Å². The van der Waals surface area contributed by atoms with Crippen LogP contribution in [0, 0.1) is 0 Å². The summed E-state index contributed by atoms with van der Waals surface area (Å²) in [5, 5.41) is 0. The quantitative estimate of drug-likeness (QED) is 0.160. The molecule has 0 aromatic heterocycles. The van der Waals surface area contributed by atoms with E-state index in [2.05, 4.69) is 13.2 Å². The van der Waals surface area contributed by atoms with E-state index in [1.165, 1.54) is 36.4 Å². The van der Waals surface area contributed by atoms with Gasteiger partial charge in [-0.3, -0.25) is 0 Å². The van der Waals surface area contributed by atoms with E-state index in [1.54, 1.807) is 26.0 Å². The summed E-state index contributed by atoms with van der Waals surface area (Å²) in [7, 11) is 0. The summed E-state index contributed by atoms with van der Waals surface area (Å²) >= 11 is 0. The third-order valence-corrected chi connectivity index (χ3v) is 3.99. The Balaban J connectivity index is 2.41. The van der Waals surface area contributed by atoms with Gasteiger partial charge in [-0.2, -0.15) is 0 Å². The molecule has 1 rings (SSSR count). The maximum Gasteiger partial charge on any atom is 0.338 e. The van der Waals surface area contributed by atoms with Crippen molar-refractivity contribution in [3.63, 3.8) is 0 Å². The zero-order valence-electron chi connectivity index (χ0n) is 18.1. The molecule has 0 amide bonds. The molecule has 0 spiro atoms. The lowest BCUT2D eigenvalue weighted by atomic mass is 10.1. The number of esters is 4. The Kier molecular flexibility index (Phi) is 11.5. The highest BCUT2D eigenvalue weighted by Crippen LogP contribution is 2.08. The van der Waals surface area contributed by atoms with Crippen molar-refractivity contribution in [3.8, 4) is 0 Å². The first-order chi connectivity index (χ1) is 15.4. The molecule has 0 N–H and O–H groups in total. The number of hydrogen-bond acceptors (Lipinski definition) is 8. The van der Waals surface area contributed by atoms with Gasteiger partial charge in [-0.25, -0.2) is 19.2 Å². The Bertz CT molecular complexity index is 831. The third kappa shape index (κ3) is 8.43. The molecule has 0 aliphatic heterocycles. The fraction of sp³-hybridized carbons (Fsp3) is 0.250. The molecule has 0 unspecified atom stereocenters. The van der Waals surface area contributed by atoms with Crippen molar-refractivity contribution in [2.24, 2.45) is 0 Å². The van der Waals surface area contributed by atoms with Gasteiger partial charge in [0.1, 0.15) is 26.4 Å². The first-order valence-corrected chi connectivity index (χ1v) is 9.73. The second kappa shape index (κ2) is 14.1. The first-order valence-electron chi connectivity index (χ1n) is 9.73. The van der Waals surface area contributed by atoms with Gasteiger partial charge in [0, 0.05) is 0 Å². The average molecular weight is 442 g/mol. The molecule has 170 valence electrons.